The first kappa shape index (κ1) is 14.6. The van der Waals surface area contributed by atoms with Gasteiger partial charge < -0.3 is 9.84 Å². The van der Waals surface area contributed by atoms with Crippen molar-refractivity contribution >= 4 is 15.9 Å². The van der Waals surface area contributed by atoms with E-state index in [1.165, 1.54) is 11.1 Å². The molecule has 3 rings (SSSR count). The number of hydrogen-bond acceptors (Lipinski definition) is 2. The molecule has 110 valence electrons. The quantitative estimate of drug-likeness (QED) is 0.887. The molecule has 0 spiro atoms. The number of benzene rings is 2. The Balaban J connectivity index is 1.93. The van der Waals surface area contributed by atoms with Crippen LogP contribution in [0.1, 0.15) is 41.7 Å². The Morgan fingerprint density at radius 2 is 2.00 bits per heavy atom. The minimum Gasteiger partial charge on any atom is -0.493 e. The SMILES string of the molecule is CCCc1ccc(C(O)c2cc(Br)cc3c2OCC3)cc1. The van der Waals surface area contributed by atoms with Gasteiger partial charge in [0, 0.05) is 16.5 Å². The van der Waals surface area contributed by atoms with Gasteiger partial charge in [0.1, 0.15) is 11.9 Å². The van der Waals surface area contributed by atoms with Crippen molar-refractivity contribution in [3.63, 3.8) is 0 Å². The van der Waals surface area contributed by atoms with Crippen molar-refractivity contribution in [2.24, 2.45) is 0 Å². The van der Waals surface area contributed by atoms with Crippen LogP contribution in [0.15, 0.2) is 40.9 Å². The van der Waals surface area contributed by atoms with Crippen molar-refractivity contribution in [3.8, 4) is 5.75 Å². The molecule has 2 aromatic rings. The zero-order chi connectivity index (χ0) is 14.8. The average molecular weight is 347 g/mol. The van der Waals surface area contributed by atoms with Crippen molar-refractivity contribution in [2.75, 3.05) is 6.61 Å². The standard InChI is InChI=1S/C18H19BrO2/c1-2-3-12-4-6-13(7-5-12)17(20)16-11-15(19)10-14-8-9-21-18(14)16/h4-7,10-11,17,20H,2-3,8-9H2,1H3. The molecule has 1 aliphatic heterocycles. The molecule has 0 aliphatic carbocycles. The highest BCUT2D eigenvalue weighted by molar-refractivity contribution is 9.10. The van der Waals surface area contributed by atoms with E-state index in [-0.39, 0.29) is 0 Å². The van der Waals surface area contributed by atoms with Gasteiger partial charge in [-0.15, -0.1) is 0 Å². The van der Waals surface area contributed by atoms with Crippen LogP contribution in [0.5, 0.6) is 5.75 Å². The van der Waals surface area contributed by atoms with Crippen molar-refractivity contribution in [1.82, 2.24) is 0 Å². The van der Waals surface area contributed by atoms with Crippen LogP contribution in [0.25, 0.3) is 0 Å². The molecule has 0 aromatic heterocycles. The van der Waals surface area contributed by atoms with Gasteiger partial charge in [0.05, 0.1) is 6.61 Å². The number of aliphatic hydroxyl groups excluding tert-OH is 1. The molecule has 1 heterocycles. The van der Waals surface area contributed by atoms with Crippen LogP contribution in [0.3, 0.4) is 0 Å². The summed E-state index contributed by atoms with van der Waals surface area (Å²) in [6.07, 6.45) is 2.47. The number of aryl methyl sites for hydroxylation is 1. The van der Waals surface area contributed by atoms with Gasteiger partial charge in [0.2, 0.25) is 0 Å². The molecule has 1 aliphatic rings. The van der Waals surface area contributed by atoms with E-state index in [1.807, 2.05) is 18.2 Å². The molecule has 0 amide bonds. The van der Waals surface area contributed by atoms with Gasteiger partial charge in [-0.2, -0.15) is 0 Å². The fourth-order valence-electron chi connectivity index (χ4n) is 2.84. The first-order valence-electron chi connectivity index (χ1n) is 7.41. The average Bonchev–Trinajstić information content (AvgIpc) is 2.95. The predicted octanol–water partition coefficient (Wildman–Crippen LogP) is 4.42. The molecular formula is C18H19BrO2. The lowest BCUT2D eigenvalue weighted by atomic mass is 9.97. The van der Waals surface area contributed by atoms with Crippen LogP contribution in [-0.2, 0) is 12.8 Å². The molecule has 1 N–H and O–H groups in total. The summed E-state index contributed by atoms with van der Waals surface area (Å²) < 4.78 is 6.70. The molecule has 0 saturated heterocycles. The first-order chi connectivity index (χ1) is 10.2. The Labute approximate surface area is 133 Å². The minimum atomic E-state index is -0.648. The monoisotopic (exact) mass is 346 g/mol. The summed E-state index contributed by atoms with van der Waals surface area (Å²) in [7, 11) is 0. The fraction of sp³-hybridized carbons (Fsp3) is 0.333. The van der Waals surface area contributed by atoms with Crippen LogP contribution in [0.4, 0.5) is 0 Å². The lowest BCUT2D eigenvalue weighted by molar-refractivity contribution is 0.213. The molecule has 1 atom stereocenters. The first-order valence-corrected chi connectivity index (χ1v) is 8.20. The second kappa shape index (κ2) is 6.20. The third kappa shape index (κ3) is 2.99. The molecule has 0 fully saturated rings. The Hall–Kier alpha value is -1.32. The number of aliphatic hydroxyl groups is 1. The van der Waals surface area contributed by atoms with Gasteiger partial charge in [-0.05, 0) is 35.2 Å². The van der Waals surface area contributed by atoms with Crippen molar-refractivity contribution < 1.29 is 9.84 Å². The molecule has 0 saturated carbocycles. The number of fused-ring (bicyclic) bond motifs is 1. The van der Waals surface area contributed by atoms with E-state index in [0.29, 0.717) is 6.61 Å². The van der Waals surface area contributed by atoms with E-state index < -0.39 is 6.10 Å². The molecule has 3 heteroatoms. The Kier molecular flexibility index (Phi) is 4.32. The highest BCUT2D eigenvalue weighted by Gasteiger charge is 2.23. The molecule has 2 nitrogen and oxygen atoms in total. The Bertz CT molecular complexity index is 634. The van der Waals surface area contributed by atoms with Gasteiger partial charge in [0.25, 0.3) is 0 Å². The summed E-state index contributed by atoms with van der Waals surface area (Å²) in [6.45, 7) is 2.87. The van der Waals surface area contributed by atoms with Crippen LogP contribution in [0, 0.1) is 0 Å². The van der Waals surface area contributed by atoms with Gasteiger partial charge in [-0.1, -0.05) is 53.5 Å². The van der Waals surface area contributed by atoms with Gasteiger partial charge in [0.15, 0.2) is 0 Å². The molecule has 1 unspecified atom stereocenters. The molecule has 2 aromatic carbocycles. The fourth-order valence-corrected chi connectivity index (χ4v) is 3.36. The third-order valence-corrected chi connectivity index (χ3v) is 4.36. The second-order valence-electron chi connectivity index (χ2n) is 5.48. The summed E-state index contributed by atoms with van der Waals surface area (Å²) >= 11 is 3.52. The van der Waals surface area contributed by atoms with E-state index in [4.69, 9.17) is 4.74 Å². The van der Waals surface area contributed by atoms with Crippen molar-refractivity contribution in [1.29, 1.82) is 0 Å². The Morgan fingerprint density at radius 1 is 1.24 bits per heavy atom. The third-order valence-electron chi connectivity index (χ3n) is 3.91. The zero-order valence-corrected chi connectivity index (χ0v) is 13.7. The second-order valence-corrected chi connectivity index (χ2v) is 6.39. The van der Waals surface area contributed by atoms with Gasteiger partial charge in [-0.25, -0.2) is 0 Å². The van der Waals surface area contributed by atoms with E-state index in [0.717, 1.165) is 40.6 Å². The number of rotatable bonds is 4. The summed E-state index contributed by atoms with van der Waals surface area (Å²) in [5.41, 5.74) is 4.23. The molecular weight excluding hydrogens is 328 g/mol. The maximum absolute atomic E-state index is 10.7. The molecule has 0 bridgehead atoms. The summed E-state index contributed by atoms with van der Waals surface area (Å²) in [4.78, 5) is 0. The lowest BCUT2D eigenvalue weighted by Gasteiger charge is -2.16. The van der Waals surface area contributed by atoms with Crippen LogP contribution in [-0.4, -0.2) is 11.7 Å². The summed E-state index contributed by atoms with van der Waals surface area (Å²) in [5, 5.41) is 10.7. The highest BCUT2D eigenvalue weighted by atomic mass is 79.9. The van der Waals surface area contributed by atoms with Crippen LogP contribution >= 0.6 is 15.9 Å². The summed E-state index contributed by atoms with van der Waals surface area (Å²) in [6, 6.07) is 12.2. The van der Waals surface area contributed by atoms with E-state index in [2.05, 4.69) is 41.1 Å². The zero-order valence-electron chi connectivity index (χ0n) is 12.1. The maximum Gasteiger partial charge on any atom is 0.128 e. The van der Waals surface area contributed by atoms with Crippen molar-refractivity contribution in [3.05, 3.63) is 63.1 Å². The summed E-state index contributed by atoms with van der Waals surface area (Å²) in [5.74, 6) is 0.850. The lowest BCUT2D eigenvalue weighted by Crippen LogP contribution is -2.02. The molecule has 21 heavy (non-hydrogen) atoms. The number of hydrogen-bond donors (Lipinski definition) is 1. The topological polar surface area (TPSA) is 29.5 Å². The van der Waals surface area contributed by atoms with Crippen molar-refractivity contribution in [2.45, 2.75) is 32.3 Å². The van der Waals surface area contributed by atoms with Crippen LogP contribution in [0.2, 0.25) is 0 Å². The van der Waals surface area contributed by atoms with Gasteiger partial charge in [-0.3, -0.25) is 0 Å². The van der Waals surface area contributed by atoms with Gasteiger partial charge >= 0.3 is 0 Å². The molecule has 0 radical (unpaired) electrons. The van der Waals surface area contributed by atoms with E-state index in [1.54, 1.807) is 0 Å². The number of ether oxygens (including phenoxy) is 1. The van der Waals surface area contributed by atoms with E-state index >= 15 is 0 Å². The Morgan fingerprint density at radius 3 is 2.71 bits per heavy atom. The van der Waals surface area contributed by atoms with E-state index in [9.17, 15) is 5.11 Å². The normalized spacial score (nSPS) is 14.6. The predicted molar refractivity (Wildman–Crippen MR) is 87.8 cm³/mol. The van der Waals surface area contributed by atoms with Crippen LogP contribution < -0.4 is 4.74 Å². The maximum atomic E-state index is 10.7. The highest BCUT2D eigenvalue weighted by Crippen LogP contribution is 2.38. The number of halogens is 1. The smallest absolute Gasteiger partial charge is 0.128 e. The largest absolute Gasteiger partial charge is 0.493 e. The minimum absolute atomic E-state index is 0.648.